The number of nitrogens with zero attached hydrogens (tertiary/aromatic N) is 3. The van der Waals surface area contributed by atoms with Gasteiger partial charge in [-0.25, -0.2) is 4.98 Å². The first-order valence-corrected chi connectivity index (χ1v) is 9.49. The van der Waals surface area contributed by atoms with E-state index in [2.05, 4.69) is 10.3 Å². The van der Waals surface area contributed by atoms with Crippen LogP contribution < -0.4 is 10.1 Å². The summed E-state index contributed by atoms with van der Waals surface area (Å²) in [6.07, 6.45) is 3.50. The van der Waals surface area contributed by atoms with Gasteiger partial charge in [-0.1, -0.05) is 11.8 Å². The summed E-state index contributed by atoms with van der Waals surface area (Å²) in [4.78, 5) is 26.7. The van der Waals surface area contributed by atoms with Crippen LogP contribution in [-0.2, 0) is 4.79 Å². The Balaban J connectivity index is 1.60. The van der Waals surface area contributed by atoms with Crippen LogP contribution in [0.25, 0.3) is 5.69 Å². The average molecular weight is 398 g/mol. The minimum Gasteiger partial charge on any atom is -0.494 e. The van der Waals surface area contributed by atoms with E-state index in [1.54, 1.807) is 6.20 Å². The van der Waals surface area contributed by atoms with Gasteiger partial charge >= 0.3 is 0 Å². The number of rotatable bonds is 8. The average Bonchev–Trinajstić information content (AvgIpc) is 3.16. The number of hydrogen-bond acceptors (Lipinski definition) is 6. The van der Waals surface area contributed by atoms with E-state index in [0.29, 0.717) is 17.5 Å². The summed E-state index contributed by atoms with van der Waals surface area (Å²) in [7, 11) is 0. The first-order chi connectivity index (χ1) is 13.6. The van der Waals surface area contributed by atoms with Gasteiger partial charge < -0.3 is 10.1 Å². The highest BCUT2D eigenvalue weighted by Crippen LogP contribution is 2.23. The number of nitrogens with one attached hydrogen (secondary N) is 1. The molecule has 3 aromatic rings. The second kappa shape index (κ2) is 9.05. The maximum atomic E-state index is 12.2. The quantitative estimate of drug-likeness (QED) is 0.351. The van der Waals surface area contributed by atoms with Crippen molar-refractivity contribution in [2.75, 3.05) is 17.7 Å². The van der Waals surface area contributed by atoms with E-state index in [9.17, 15) is 14.9 Å². The van der Waals surface area contributed by atoms with Crippen molar-refractivity contribution in [1.29, 1.82) is 0 Å². The van der Waals surface area contributed by atoms with Crippen molar-refractivity contribution >= 4 is 29.0 Å². The molecule has 0 spiro atoms. The molecule has 28 heavy (non-hydrogen) atoms. The van der Waals surface area contributed by atoms with E-state index >= 15 is 0 Å². The lowest BCUT2D eigenvalue weighted by Crippen LogP contribution is -2.14. The summed E-state index contributed by atoms with van der Waals surface area (Å²) in [5.74, 6) is 0.730. The molecule has 1 aromatic heterocycles. The fourth-order valence-corrected chi connectivity index (χ4v) is 3.23. The molecule has 1 heterocycles. The number of imidazole rings is 1. The van der Waals surface area contributed by atoms with E-state index in [1.165, 1.54) is 36.0 Å². The molecule has 1 amide bonds. The lowest BCUT2D eigenvalue weighted by Gasteiger charge is -2.09. The first kappa shape index (κ1) is 19.4. The Kier molecular flexibility index (Phi) is 6.28. The summed E-state index contributed by atoms with van der Waals surface area (Å²) in [5, 5.41) is 14.1. The van der Waals surface area contributed by atoms with Gasteiger partial charge in [0.1, 0.15) is 5.75 Å². The number of nitro groups is 1. The third-order valence-electron chi connectivity index (χ3n) is 3.73. The van der Waals surface area contributed by atoms with Crippen LogP contribution in [0.3, 0.4) is 0 Å². The molecule has 0 bridgehead atoms. The third-order valence-corrected chi connectivity index (χ3v) is 4.69. The van der Waals surface area contributed by atoms with Gasteiger partial charge in [-0.05, 0) is 43.3 Å². The molecular formula is C19H18N4O4S. The minimum absolute atomic E-state index is 0.0234. The molecular weight excluding hydrogens is 380 g/mol. The summed E-state index contributed by atoms with van der Waals surface area (Å²) >= 11 is 1.30. The van der Waals surface area contributed by atoms with E-state index in [1.807, 2.05) is 42.0 Å². The van der Waals surface area contributed by atoms with Crippen molar-refractivity contribution in [2.24, 2.45) is 0 Å². The molecule has 0 fully saturated rings. The number of thioether (sulfide) groups is 1. The number of carbonyl (C=O) groups excluding carboxylic acids is 1. The van der Waals surface area contributed by atoms with Crippen molar-refractivity contribution in [2.45, 2.75) is 12.1 Å². The Morgan fingerprint density at radius 2 is 1.93 bits per heavy atom. The van der Waals surface area contributed by atoms with Crippen LogP contribution in [0.15, 0.2) is 66.1 Å². The van der Waals surface area contributed by atoms with Crippen molar-refractivity contribution in [3.8, 4) is 11.4 Å². The zero-order chi connectivity index (χ0) is 19.9. The lowest BCUT2D eigenvalue weighted by molar-refractivity contribution is -0.384. The summed E-state index contributed by atoms with van der Waals surface area (Å²) in [5.41, 5.74) is 1.40. The van der Waals surface area contributed by atoms with Crippen LogP contribution in [0, 0.1) is 10.1 Å². The van der Waals surface area contributed by atoms with Gasteiger partial charge in [0.05, 0.1) is 17.3 Å². The number of aromatic nitrogens is 2. The smallest absolute Gasteiger partial charge is 0.269 e. The molecule has 0 unspecified atom stereocenters. The lowest BCUT2D eigenvalue weighted by atomic mass is 10.3. The molecule has 0 aliphatic rings. The minimum atomic E-state index is -0.484. The molecule has 0 saturated carbocycles. The van der Waals surface area contributed by atoms with Gasteiger partial charge in [0.15, 0.2) is 5.16 Å². The predicted molar refractivity (Wildman–Crippen MR) is 107 cm³/mol. The third kappa shape index (κ3) is 4.89. The molecule has 0 saturated heterocycles. The number of anilines is 1. The molecule has 1 N–H and O–H groups in total. The second-order valence-corrected chi connectivity index (χ2v) is 6.59. The highest BCUT2D eigenvalue weighted by atomic mass is 32.2. The zero-order valence-corrected chi connectivity index (χ0v) is 15.9. The monoisotopic (exact) mass is 398 g/mol. The molecule has 0 aliphatic carbocycles. The second-order valence-electron chi connectivity index (χ2n) is 5.65. The standard InChI is InChI=1S/C19H18N4O4S/c1-2-27-17-9-7-15(8-10-17)22-12-11-20-19(22)28-13-18(24)21-14-3-5-16(6-4-14)23(25)26/h3-12H,2,13H2,1H3,(H,21,24). The number of ether oxygens (including phenoxy) is 1. The number of non-ortho nitro benzene ring substituents is 1. The Hall–Kier alpha value is -3.33. The summed E-state index contributed by atoms with van der Waals surface area (Å²) in [6, 6.07) is 13.3. The van der Waals surface area contributed by atoms with Gasteiger partial charge in [-0.15, -0.1) is 0 Å². The van der Waals surface area contributed by atoms with Crippen LogP contribution in [0.1, 0.15) is 6.92 Å². The number of hydrogen-bond donors (Lipinski definition) is 1. The Labute approximate surface area is 165 Å². The number of benzene rings is 2. The maximum absolute atomic E-state index is 12.2. The van der Waals surface area contributed by atoms with Crippen LogP contribution >= 0.6 is 11.8 Å². The van der Waals surface area contributed by atoms with Gasteiger partial charge in [0, 0.05) is 35.9 Å². The number of nitro benzene ring substituents is 1. The molecule has 144 valence electrons. The van der Waals surface area contributed by atoms with Crippen molar-refractivity contribution in [1.82, 2.24) is 9.55 Å². The van der Waals surface area contributed by atoms with E-state index < -0.39 is 4.92 Å². The fourth-order valence-electron chi connectivity index (χ4n) is 2.46. The van der Waals surface area contributed by atoms with Gasteiger partial charge in [0.2, 0.25) is 5.91 Å². The van der Waals surface area contributed by atoms with Crippen LogP contribution in [0.2, 0.25) is 0 Å². The predicted octanol–water partition coefficient (Wildman–Crippen LogP) is 3.91. The summed E-state index contributed by atoms with van der Waals surface area (Å²) < 4.78 is 7.33. The molecule has 0 aliphatic heterocycles. The molecule has 9 heteroatoms. The highest BCUT2D eigenvalue weighted by molar-refractivity contribution is 7.99. The van der Waals surface area contributed by atoms with Gasteiger partial charge in [-0.3, -0.25) is 19.5 Å². The van der Waals surface area contributed by atoms with Crippen LogP contribution in [0.4, 0.5) is 11.4 Å². The van der Waals surface area contributed by atoms with E-state index in [0.717, 1.165) is 11.4 Å². The van der Waals surface area contributed by atoms with Crippen LogP contribution in [0.5, 0.6) is 5.75 Å². The maximum Gasteiger partial charge on any atom is 0.269 e. The van der Waals surface area contributed by atoms with Gasteiger partial charge in [0.25, 0.3) is 5.69 Å². The SMILES string of the molecule is CCOc1ccc(-n2ccnc2SCC(=O)Nc2ccc([N+](=O)[O-])cc2)cc1. The molecule has 0 radical (unpaired) electrons. The Bertz CT molecular complexity index is 955. The van der Waals surface area contributed by atoms with Crippen LogP contribution in [-0.4, -0.2) is 32.7 Å². The molecule has 3 rings (SSSR count). The Morgan fingerprint density at radius 3 is 2.57 bits per heavy atom. The van der Waals surface area contributed by atoms with Gasteiger partial charge in [-0.2, -0.15) is 0 Å². The summed E-state index contributed by atoms with van der Waals surface area (Å²) in [6.45, 7) is 2.54. The van der Waals surface area contributed by atoms with Crippen molar-refractivity contribution in [3.63, 3.8) is 0 Å². The highest BCUT2D eigenvalue weighted by Gasteiger charge is 2.11. The molecule has 0 atom stereocenters. The fraction of sp³-hybridized carbons (Fsp3) is 0.158. The normalized spacial score (nSPS) is 10.5. The zero-order valence-electron chi connectivity index (χ0n) is 15.1. The van der Waals surface area contributed by atoms with E-state index in [-0.39, 0.29) is 17.3 Å². The van der Waals surface area contributed by atoms with Crippen molar-refractivity contribution in [3.05, 3.63) is 71.0 Å². The topological polar surface area (TPSA) is 99.3 Å². The largest absolute Gasteiger partial charge is 0.494 e. The molecule has 2 aromatic carbocycles. The van der Waals surface area contributed by atoms with Crippen molar-refractivity contribution < 1.29 is 14.5 Å². The first-order valence-electron chi connectivity index (χ1n) is 8.50. The number of carbonyl (C=O) groups is 1. The van der Waals surface area contributed by atoms with E-state index in [4.69, 9.17) is 4.74 Å². The molecule has 8 nitrogen and oxygen atoms in total. The Morgan fingerprint density at radius 1 is 1.21 bits per heavy atom. The number of amides is 1.